The first-order valence-corrected chi connectivity index (χ1v) is 4.67. The lowest BCUT2D eigenvalue weighted by molar-refractivity contribution is -0.148. The van der Waals surface area contributed by atoms with E-state index in [2.05, 4.69) is 5.32 Å². The van der Waals surface area contributed by atoms with Gasteiger partial charge in [-0.3, -0.25) is 24.6 Å². The van der Waals surface area contributed by atoms with Gasteiger partial charge in [0.1, 0.15) is 0 Å². The van der Waals surface area contributed by atoms with E-state index in [-0.39, 0.29) is 6.54 Å². The lowest BCUT2D eigenvalue weighted by Gasteiger charge is -2.42. The molecule has 1 atom stereocenters. The fraction of sp³-hybridized carbons (Fsp3) is 0.667. The van der Waals surface area contributed by atoms with Crippen LogP contribution in [-0.4, -0.2) is 40.7 Å². The highest BCUT2D eigenvalue weighted by molar-refractivity contribution is 6.03. The molecule has 1 aliphatic heterocycles. The van der Waals surface area contributed by atoms with Crippen LogP contribution in [-0.2, 0) is 14.4 Å². The Morgan fingerprint density at radius 2 is 2.07 bits per heavy atom. The zero-order valence-electron chi connectivity index (χ0n) is 9.03. The zero-order chi connectivity index (χ0) is 11.8. The minimum absolute atomic E-state index is 0.00282. The van der Waals surface area contributed by atoms with E-state index in [0.29, 0.717) is 0 Å². The molecule has 0 bridgehead atoms. The second-order valence-corrected chi connectivity index (χ2v) is 4.14. The molecular formula is C9H15N3O3. The van der Waals surface area contributed by atoms with E-state index in [1.54, 1.807) is 20.8 Å². The van der Waals surface area contributed by atoms with Gasteiger partial charge in [-0.05, 0) is 20.8 Å². The van der Waals surface area contributed by atoms with E-state index in [0.717, 1.165) is 0 Å². The monoisotopic (exact) mass is 213 g/mol. The average molecular weight is 213 g/mol. The Hall–Kier alpha value is -1.43. The van der Waals surface area contributed by atoms with Crippen LogP contribution in [0.2, 0.25) is 0 Å². The third kappa shape index (κ3) is 1.99. The number of amides is 3. The highest BCUT2D eigenvalue weighted by Gasteiger charge is 2.44. The maximum absolute atomic E-state index is 11.5. The Balaban J connectivity index is 2.98. The Labute approximate surface area is 87.8 Å². The van der Waals surface area contributed by atoms with Gasteiger partial charge in [0.05, 0.1) is 18.1 Å². The summed E-state index contributed by atoms with van der Waals surface area (Å²) in [5.41, 5.74) is 4.25. The first kappa shape index (κ1) is 11.6. The Bertz CT molecular complexity index is 325. The van der Waals surface area contributed by atoms with E-state index >= 15 is 0 Å². The van der Waals surface area contributed by atoms with Crippen molar-refractivity contribution in [2.45, 2.75) is 32.4 Å². The summed E-state index contributed by atoms with van der Waals surface area (Å²) in [6, 6.07) is -0.644. The predicted octanol–water partition coefficient (Wildman–Crippen LogP) is -1.40. The Morgan fingerprint density at radius 3 is 2.53 bits per heavy atom. The molecule has 1 rings (SSSR count). The number of nitrogens with one attached hydrogen (secondary N) is 1. The molecule has 15 heavy (non-hydrogen) atoms. The number of piperazine rings is 1. The maximum atomic E-state index is 11.5. The van der Waals surface area contributed by atoms with E-state index < -0.39 is 29.3 Å². The number of carbonyl (C=O) groups is 3. The minimum Gasteiger partial charge on any atom is -0.368 e. The van der Waals surface area contributed by atoms with Crippen molar-refractivity contribution in [1.29, 1.82) is 0 Å². The molecule has 0 aromatic carbocycles. The van der Waals surface area contributed by atoms with Gasteiger partial charge in [-0.1, -0.05) is 0 Å². The standard InChI is InChI=1S/C9H15N3O3/c1-5(7(10)14)12-4-6(13)11-8(15)9(12,2)3/h5H,4H2,1-3H3,(H2,10,14)(H,11,13,15). The second kappa shape index (κ2) is 3.62. The molecule has 1 fully saturated rings. The number of nitrogens with zero attached hydrogens (tertiary/aromatic N) is 1. The quantitative estimate of drug-likeness (QED) is 0.552. The van der Waals surface area contributed by atoms with Gasteiger partial charge in [0, 0.05) is 0 Å². The summed E-state index contributed by atoms with van der Waals surface area (Å²) < 4.78 is 0. The van der Waals surface area contributed by atoms with Crippen LogP contribution < -0.4 is 11.1 Å². The number of hydrogen-bond acceptors (Lipinski definition) is 4. The molecule has 1 unspecified atom stereocenters. The first-order chi connectivity index (χ1) is 6.76. The molecule has 0 aliphatic carbocycles. The van der Waals surface area contributed by atoms with Crippen molar-refractivity contribution in [1.82, 2.24) is 10.2 Å². The summed E-state index contributed by atoms with van der Waals surface area (Å²) in [5, 5.41) is 2.22. The molecule has 1 saturated heterocycles. The summed E-state index contributed by atoms with van der Waals surface area (Å²) in [6.07, 6.45) is 0. The summed E-state index contributed by atoms with van der Waals surface area (Å²) in [5.74, 6) is -1.37. The number of primary amides is 1. The number of imide groups is 1. The number of hydrogen-bond donors (Lipinski definition) is 2. The molecule has 0 spiro atoms. The molecule has 0 aromatic heterocycles. The Kier molecular flexibility index (Phi) is 2.81. The lowest BCUT2D eigenvalue weighted by Crippen LogP contribution is -2.67. The summed E-state index contributed by atoms with van der Waals surface area (Å²) >= 11 is 0. The molecule has 6 heteroatoms. The molecule has 0 radical (unpaired) electrons. The smallest absolute Gasteiger partial charge is 0.246 e. The van der Waals surface area contributed by atoms with Gasteiger partial charge in [-0.2, -0.15) is 0 Å². The fourth-order valence-corrected chi connectivity index (χ4v) is 1.58. The van der Waals surface area contributed by atoms with Crippen molar-refractivity contribution in [3.63, 3.8) is 0 Å². The molecule has 1 heterocycles. The summed E-state index contributed by atoms with van der Waals surface area (Å²) in [7, 11) is 0. The third-order valence-electron chi connectivity index (χ3n) is 2.72. The first-order valence-electron chi connectivity index (χ1n) is 4.67. The van der Waals surface area contributed by atoms with Crippen molar-refractivity contribution in [3.05, 3.63) is 0 Å². The van der Waals surface area contributed by atoms with E-state index in [1.165, 1.54) is 4.90 Å². The molecule has 0 aromatic rings. The van der Waals surface area contributed by atoms with E-state index in [1.807, 2.05) is 0 Å². The summed E-state index contributed by atoms with van der Waals surface area (Å²) in [4.78, 5) is 35.2. The largest absolute Gasteiger partial charge is 0.368 e. The van der Waals surface area contributed by atoms with Gasteiger partial charge in [0.25, 0.3) is 0 Å². The average Bonchev–Trinajstić information content (AvgIpc) is 2.10. The Morgan fingerprint density at radius 1 is 1.53 bits per heavy atom. The highest BCUT2D eigenvalue weighted by atomic mass is 16.2. The van der Waals surface area contributed by atoms with Gasteiger partial charge in [0.15, 0.2) is 0 Å². The summed E-state index contributed by atoms with van der Waals surface area (Å²) in [6.45, 7) is 4.88. The topological polar surface area (TPSA) is 92.5 Å². The van der Waals surface area contributed by atoms with Gasteiger partial charge in [0.2, 0.25) is 17.7 Å². The van der Waals surface area contributed by atoms with Crippen LogP contribution in [0.1, 0.15) is 20.8 Å². The third-order valence-corrected chi connectivity index (χ3v) is 2.72. The van der Waals surface area contributed by atoms with Crippen LogP contribution >= 0.6 is 0 Å². The fourth-order valence-electron chi connectivity index (χ4n) is 1.58. The van der Waals surface area contributed by atoms with Crippen molar-refractivity contribution in [3.8, 4) is 0 Å². The molecule has 3 amide bonds. The minimum atomic E-state index is -0.900. The van der Waals surface area contributed by atoms with Gasteiger partial charge >= 0.3 is 0 Å². The molecule has 6 nitrogen and oxygen atoms in total. The number of carbonyl (C=O) groups excluding carboxylic acids is 3. The van der Waals surface area contributed by atoms with Crippen LogP contribution in [0.4, 0.5) is 0 Å². The molecular weight excluding hydrogens is 198 g/mol. The lowest BCUT2D eigenvalue weighted by atomic mass is 9.96. The molecule has 1 aliphatic rings. The van der Waals surface area contributed by atoms with Gasteiger partial charge in [-0.15, -0.1) is 0 Å². The van der Waals surface area contributed by atoms with Crippen molar-refractivity contribution >= 4 is 17.7 Å². The number of rotatable bonds is 2. The van der Waals surface area contributed by atoms with Crippen LogP contribution in [0.15, 0.2) is 0 Å². The van der Waals surface area contributed by atoms with E-state index in [9.17, 15) is 14.4 Å². The van der Waals surface area contributed by atoms with Crippen molar-refractivity contribution < 1.29 is 14.4 Å². The molecule has 3 N–H and O–H groups in total. The van der Waals surface area contributed by atoms with Crippen LogP contribution in [0, 0.1) is 0 Å². The van der Waals surface area contributed by atoms with E-state index in [4.69, 9.17) is 5.73 Å². The van der Waals surface area contributed by atoms with Gasteiger partial charge < -0.3 is 5.73 Å². The normalized spacial score (nSPS) is 23.4. The van der Waals surface area contributed by atoms with Crippen LogP contribution in [0.5, 0.6) is 0 Å². The van der Waals surface area contributed by atoms with Crippen molar-refractivity contribution in [2.24, 2.45) is 5.73 Å². The second-order valence-electron chi connectivity index (χ2n) is 4.14. The zero-order valence-corrected chi connectivity index (χ0v) is 9.03. The van der Waals surface area contributed by atoms with Crippen molar-refractivity contribution in [2.75, 3.05) is 6.54 Å². The molecule has 84 valence electrons. The number of nitrogens with two attached hydrogens (primary N) is 1. The predicted molar refractivity (Wildman–Crippen MR) is 52.6 cm³/mol. The van der Waals surface area contributed by atoms with Crippen LogP contribution in [0.25, 0.3) is 0 Å². The van der Waals surface area contributed by atoms with Gasteiger partial charge in [-0.25, -0.2) is 0 Å². The SMILES string of the molecule is CC(C(N)=O)N1CC(=O)NC(=O)C1(C)C. The highest BCUT2D eigenvalue weighted by Crippen LogP contribution is 2.20. The van der Waals surface area contributed by atoms with Crippen LogP contribution in [0.3, 0.4) is 0 Å². The maximum Gasteiger partial charge on any atom is 0.246 e. The molecule has 0 saturated carbocycles.